The Morgan fingerprint density at radius 1 is 1.67 bits per heavy atom. The largest absolute Gasteiger partial charge is 0.353 e. The number of carbonyl (C=O) groups is 1. The van der Waals surface area contributed by atoms with Gasteiger partial charge in [0.2, 0.25) is 5.91 Å². The van der Waals surface area contributed by atoms with Crippen LogP contribution in [0.2, 0.25) is 0 Å². The first-order valence-corrected chi connectivity index (χ1v) is 3.77. The van der Waals surface area contributed by atoms with E-state index >= 15 is 0 Å². The maximum absolute atomic E-state index is 10.7. The lowest BCUT2D eigenvalue weighted by Crippen LogP contribution is -2.32. The Balaban J connectivity index is 2.15. The number of hydrogen-bond acceptors (Lipinski definition) is 3. The molecule has 0 bridgehead atoms. The molecule has 1 aromatic rings. The van der Waals surface area contributed by atoms with Crippen molar-refractivity contribution in [1.82, 2.24) is 15.1 Å². The maximum Gasteiger partial charge on any atom is 0.233 e. The van der Waals surface area contributed by atoms with E-state index in [1.54, 1.807) is 10.9 Å². The van der Waals surface area contributed by atoms with E-state index in [9.17, 15) is 4.79 Å². The van der Waals surface area contributed by atoms with Crippen molar-refractivity contribution in [2.75, 3.05) is 13.1 Å². The Morgan fingerprint density at radius 2 is 2.50 bits per heavy atom. The third-order valence-electron chi connectivity index (χ3n) is 1.41. The van der Waals surface area contributed by atoms with Crippen molar-refractivity contribution in [3.8, 4) is 0 Å². The van der Waals surface area contributed by atoms with Gasteiger partial charge in [0.15, 0.2) is 0 Å². The molecule has 5 heteroatoms. The van der Waals surface area contributed by atoms with Gasteiger partial charge >= 0.3 is 0 Å². The second-order valence-electron chi connectivity index (χ2n) is 2.32. The third-order valence-corrected chi connectivity index (χ3v) is 1.41. The van der Waals surface area contributed by atoms with Gasteiger partial charge in [-0.25, -0.2) is 0 Å². The lowest BCUT2D eigenvalue weighted by molar-refractivity contribution is -0.119. The molecule has 1 aromatic heterocycles. The summed E-state index contributed by atoms with van der Waals surface area (Å²) in [7, 11) is 0. The zero-order chi connectivity index (χ0) is 8.81. The normalized spacial score (nSPS) is 9.75. The number of rotatable bonds is 4. The first-order chi connectivity index (χ1) is 5.83. The fourth-order valence-corrected chi connectivity index (χ4v) is 0.815. The van der Waals surface area contributed by atoms with Crippen molar-refractivity contribution in [3.63, 3.8) is 0 Å². The van der Waals surface area contributed by atoms with Crippen LogP contribution in [0.4, 0.5) is 0 Å². The predicted octanol–water partition coefficient (Wildman–Crippen LogP) is -1.04. The van der Waals surface area contributed by atoms with Crippen molar-refractivity contribution in [2.45, 2.75) is 6.54 Å². The van der Waals surface area contributed by atoms with E-state index in [4.69, 9.17) is 5.73 Å². The monoisotopic (exact) mass is 168 g/mol. The van der Waals surface area contributed by atoms with Gasteiger partial charge in [0.05, 0.1) is 13.1 Å². The van der Waals surface area contributed by atoms with Crippen LogP contribution in [0, 0.1) is 0 Å². The van der Waals surface area contributed by atoms with Crippen molar-refractivity contribution in [2.24, 2.45) is 5.73 Å². The topological polar surface area (TPSA) is 72.9 Å². The van der Waals surface area contributed by atoms with Gasteiger partial charge in [-0.15, -0.1) is 0 Å². The summed E-state index contributed by atoms with van der Waals surface area (Å²) >= 11 is 0. The average Bonchev–Trinajstić information content (AvgIpc) is 2.57. The second-order valence-corrected chi connectivity index (χ2v) is 2.32. The number of nitrogens with one attached hydrogen (secondary N) is 1. The molecule has 0 aliphatic heterocycles. The standard InChI is InChI=1S/C7H12N4O/c8-6-7(12)9-3-5-11-4-1-2-10-11/h1-2,4H,3,5-6,8H2,(H,9,12). The quantitative estimate of drug-likeness (QED) is 0.603. The molecule has 0 aliphatic rings. The van der Waals surface area contributed by atoms with Gasteiger partial charge in [-0.05, 0) is 6.07 Å². The van der Waals surface area contributed by atoms with E-state index in [1.165, 1.54) is 0 Å². The van der Waals surface area contributed by atoms with Gasteiger partial charge in [-0.3, -0.25) is 9.48 Å². The SMILES string of the molecule is NCC(=O)NCCn1cccn1. The summed E-state index contributed by atoms with van der Waals surface area (Å²) in [5.74, 6) is -0.137. The number of hydrogen-bond donors (Lipinski definition) is 2. The van der Waals surface area contributed by atoms with Gasteiger partial charge in [0, 0.05) is 18.9 Å². The highest BCUT2D eigenvalue weighted by atomic mass is 16.1. The Morgan fingerprint density at radius 3 is 3.08 bits per heavy atom. The van der Waals surface area contributed by atoms with Crippen molar-refractivity contribution in [3.05, 3.63) is 18.5 Å². The fourth-order valence-electron chi connectivity index (χ4n) is 0.815. The zero-order valence-corrected chi connectivity index (χ0v) is 6.73. The number of carbonyl (C=O) groups excluding carboxylic acids is 1. The summed E-state index contributed by atoms with van der Waals surface area (Å²) in [6, 6.07) is 1.84. The molecule has 0 aliphatic carbocycles. The summed E-state index contributed by atoms with van der Waals surface area (Å²) in [4.78, 5) is 10.7. The smallest absolute Gasteiger partial charge is 0.233 e. The maximum atomic E-state index is 10.7. The van der Waals surface area contributed by atoms with Crippen LogP contribution in [-0.4, -0.2) is 28.8 Å². The third kappa shape index (κ3) is 2.71. The van der Waals surface area contributed by atoms with E-state index < -0.39 is 0 Å². The van der Waals surface area contributed by atoms with E-state index in [2.05, 4.69) is 10.4 Å². The molecule has 1 heterocycles. The Labute approximate surface area is 70.5 Å². The average molecular weight is 168 g/mol. The Hall–Kier alpha value is -1.36. The molecule has 0 unspecified atom stereocenters. The lowest BCUT2D eigenvalue weighted by Gasteiger charge is -2.02. The summed E-state index contributed by atoms with van der Waals surface area (Å²) in [5, 5.41) is 6.62. The van der Waals surface area contributed by atoms with Crippen molar-refractivity contribution in [1.29, 1.82) is 0 Å². The molecular formula is C7H12N4O. The van der Waals surface area contributed by atoms with Gasteiger partial charge in [-0.1, -0.05) is 0 Å². The molecule has 3 N–H and O–H groups in total. The molecule has 0 saturated heterocycles. The summed E-state index contributed by atoms with van der Waals surface area (Å²) < 4.78 is 1.75. The summed E-state index contributed by atoms with van der Waals surface area (Å²) in [6.07, 6.45) is 3.54. The molecule has 0 saturated carbocycles. The van der Waals surface area contributed by atoms with Gasteiger partial charge in [0.25, 0.3) is 0 Å². The van der Waals surface area contributed by atoms with Crippen LogP contribution in [0.15, 0.2) is 18.5 Å². The van der Waals surface area contributed by atoms with Crippen LogP contribution < -0.4 is 11.1 Å². The Kier molecular flexibility index (Phi) is 3.28. The molecular weight excluding hydrogens is 156 g/mol. The van der Waals surface area contributed by atoms with Crippen LogP contribution >= 0.6 is 0 Å². The molecule has 0 spiro atoms. The zero-order valence-electron chi connectivity index (χ0n) is 6.73. The fraction of sp³-hybridized carbons (Fsp3) is 0.429. The van der Waals surface area contributed by atoms with Crippen LogP contribution in [0.1, 0.15) is 0 Å². The summed E-state index contributed by atoms with van der Waals surface area (Å²) in [5.41, 5.74) is 5.10. The highest BCUT2D eigenvalue weighted by molar-refractivity contribution is 5.77. The van der Waals surface area contributed by atoms with Crippen LogP contribution in [0.25, 0.3) is 0 Å². The van der Waals surface area contributed by atoms with Gasteiger partial charge < -0.3 is 11.1 Å². The highest BCUT2D eigenvalue weighted by Gasteiger charge is 1.95. The summed E-state index contributed by atoms with van der Waals surface area (Å²) in [6.45, 7) is 1.29. The molecule has 0 aromatic carbocycles. The molecule has 1 amide bonds. The highest BCUT2D eigenvalue weighted by Crippen LogP contribution is 1.81. The Bertz CT molecular complexity index is 232. The van der Waals surface area contributed by atoms with Crippen molar-refractivity contribution >= 4 is 5.91 Å². The number of amides is 1. The lowest BCUT2D eigenvalue weighted by atomic mass is 10.5. The minimum absolute atomic E-state index is 0.0408. The first kappa shape index (κ1) is 8.73. The molecule has 0 radical (unpaired) electrons. The van der Waals surface area contributed by atoms with Crippen molar-refractivity contribution < 1.29 is 4.79 Å². The van der Waals surface area contributed by atoms with Crippen LogP contribution in [-0.2, 0) is 11.3 Å². The first-order valence-electron chi connectivity index (χ1n) is 3.77. The van der Waals surface area contributed by atoms with Gasteiger partial charge in [0.1, 0.15) is 0 Å². The minimum Gasteiger partial charge on any atom is -0.353 e. The molecule has 12 heavy (non-hydrogen) atoms. The molecule has 0 fully saturated rings. The number of nitrogens with two attached hydrogens (primary N) is 1. The molecule has 66 valence electrons. The van der Waals surface area contributed by atoms with E-state index in [-0.39, 0.29) is 12.5 Å². The predicted molar refractivity (Wildman–Crippen MR) is 44.3 cm³/mol. The van der Waals surface area contributed by atoms with Crippen LogP contribution in [0.5, 0.6) is 0 Å². The number of nitrogens with zero attached hydrogens (tertiary/aromatic N) is 2. The number of aromatic nitrogens is 2. The van der Waals surface area contributed by atoms with E-state index in [1.807, 2.05) is 12.3 Å². The van der Waals surface area contributed by atoms with E-state index in [0.717, 1.165) is 0 Å². The molecule has 0 atom stereocenters. The van der Waals surface area contributed by atoms with E-state index in [0.29, 0.717) is 13.1 Å². The minimum atomic E-state index is -0.137. The van der Waals surface area contributed by atoms with Gasteiger partial charge in [-0.2, -0.15) is 5.10 Å². The second kappa shape index (κ2) is 4.50. The molecule has 1 rings (SSSR count). The van der Waals surface area contributed by atoms with Crippen LogP contribution in [0.3, 0.4) is 0 Å². The molecule has 5 nitrogen and oxygen atoms in total.